The molecule has 3 nitrogen and oxygen atoms in total. The van der Waals surface area contributed by atoms with E-state index in [1.165, 1.54) is 36.4 Å². The smallest absolute Gasteiger partial charge is 0.298 e. The number of benzene rings is 2. The van der Waals surface area contributed by atoms with Crippen LogP contribution in [0.3, 0.4) is 0 Å². The normalized spacial score (nSPS) is 13.8. The van der Waals surface area contributed by atoms with Gasteiger partial charge in [0.25, 0.3) is 11.7 Å². The van der Waals surface area contributed by atoms with Crippen LogP contribution in [0.2, 0.25) is 0 Å². The molecule has 0 radical (unpaired) electrons. The quantitative estimate of drug-likeness (QED) is 0.777. The van der Waals surface area contributed by atoms with E-state index in [1.54, 1.807) is 0 Å². The summed E-state index contributed by atoms with van der Waals surface area (Å²) in [6.07, 6.45) is 0. The highest BCUT2D eigenvalue weighted by Crippen LogP contribution is 2.33. The van der Waals surface area contributed by atoms with E-state index in [4.69, 9.17) is 0 Å². The molecule has 0 aliphatic carbocycles. The number of Topliss-reactive ketones (excluding diaryl/α,β-unsaturated/α-hetero) is 1. The Morgan fingerprint density at radius 3 is 2.52 bits per heavy atom. The van der Waals surface area contributed by atoms with Crippen molar-refractivity contribution in [2.75, 3.05) is 4.90 Å². The van der Waals surface area contributed by atoms with Crippen LogP contribution < -0.4 is 4.90 Å². The molecule has 2 aromatic carbocycles. The Balaban J connectivity index is 2.02. The van der Waals surface area contributed by atoms with Crippen LogP contribution in [0.1, 0.15) is 15.9 Å². The van der Waals surface area contributed by atoms with Crippen LogP contribution in [0.15, 0.2) is 40.9 Å². The molecular weight excluding hydrogens is 344 g/mol. The second kappa shape index (κ2) is 5.04. The molecule has 0 saturated carbocycles. The van der Waals surface area contributed by atoms with Crippen molar-refractivity contribution in [3.05, 3.63) is 63.6 Å². The molecule has 106 valence electrons. The zero-order valence-electron chi connectivity index (χ0n) is 10.6. The van der Waals surface area contributed by atoms with Gasteiger partial charge in [0.05, 0.1) is 22.3 Å². The standard InChI is InChI=1S/C15H8BrF2NO2/c16-10-6-8(4-5-11(10)17)7-19-13-9(14(20)15(19)21)2-1-3-12(13)18/h1-6H,7H2. The van der Waals surface area contributed by atoms with E-state index in [0.717, 1.165) is 4.90 Å². The number of amides is 1. The summed E-state index contributed by atoms with van der Waals surface area (Å²) in [5.41, 5.74) is 0.620. The molecule has 0 N–H and O–H groups in total. The van der Waals surface area contributed by atoms with Gasteiger partial charge in [-0.3, -0.25) is 14.5 Å². The molecule has 0 bridgehead atoms. The molecule has 0 atom stereocenters. The molecule has 21 heavy (non-hydrogen) atoms. The first-order valence-electron chi connectivity index (χ1n) is 6.07. The van der Waals surface area contributed by atoms with Gasteiger partial charge in [-0.25, -0.2) is 8.78 Å². The molecule has 1 aliphatic rings. The van der Waals surface area contributed by atoms with Crippen molar-refractivity contribution in [2.45, 2.75) is 6.54 Å². The molecule has 0 unspecified atom stereocenters. The monoisotopic (exact) mass is 351 g/mol. The third-order valence-corrected chi connectivity index (χ3v) is 3.87. The van der Waals surface area contributed by atoms with Gasteiger partial charge in [0.1, 0.15) is 11.6 Å². The molecule has 3 rings (SSSR count). The highest BCUT2D eigenvalue weighted by Gasteiger charge is 2.37. The van der Waals surface area contributed by atoms with E-state index in [-0.39, 0.29) is 22.3 Å². The van der Waals surface area contributed by atoms with Crippen molar-refractivity contribution in [1.29, 1.82) is 0 Å². The molecule has 0 spiro atoms. The zero-order valence-corrected chi connectivity index (χ0v) is 12.2. The minimum absolute atomic E-state index is 0.00259. The Labute approximate surface area is 127 Å². The van der Waals surface area contributed by atoms with Gasteiger partial charge in [-0.1, -0.05) is 12.1 Å². The van der Waals surface area contributed by atoms with Crippen molar-refractivity contribution in [3.63, 3.8) is 0 Å². The summed E-state index contributed by atoms with van der Waals surface area (Å²) in [6, 6.07) is 8.21. The average molecular weight is 352 g/mol. The summed E-state index contributed by atoms with van der Waals surface area (Å²) in [6.45, 7) is -0.00259. The van der Waals surface area contributed by atoms with Gasteiger partial charge in [0.2, 0.25) is 0 Å². The summed E-state index contributed by atoms with van der Waals surface area (Å²) < 4.78 is 27.4. The Hall–Kier alpha value is -2.08. The first kappa shape index (κ1) is 13.9. The van der Waals surface area contributed by atoms with Gasteiger partial charge in [-0.15, -0.1) is 0 Å². The predicted octanol–water partition coefficient (Wildman–Crippen LogP) is 3.46. The number of hydrogen-bond donors (Lipinski definition) is 0. The first-order valence-corrected chi connectivity index (χ1v) is 6.87. The molecular formula is C15H8BrF2NO2. The Morgan fingerprint density at radius 1 is 1.05 bits per heavy atom. The Bertz CT molecular complexity index is 776. The fourth-order valence-corrected chi connectivity index (χ4v) is 2.71. The number of carbonyl (C=O) groups is 2. The van der Waals surface area contributed by atoms with Gasteiger partial charge < -0.3 is 0 Å². The Morgan fingerprint density at radius 2 is 1.81 bits per heavy atom. The maximum Gasteiger partial charge on any atom is 0.299 e. The first-order chi connectivity index (χ1) is 9.99. The minimum Gasteiger partial charge on any atom is -0.298 e. The number of fused-ring (bicyclic) bond motifs is 1. The molecule has 0 saturated heterocycles. The number of para-hydroxylation sites is 1. The highest BCUT2D eigenvalue weighted by molar-refractivity contribution is 9.10. The van der Waals surface area contributed by atoms with Crippen molar-refractivity contribution in [1.82, 2.24) is 0 Å². The summed E-state index contributed by atoms with van der Waals surface area (Å²) in [4.78, 5) is 24.9. The molecule has 1 amide bonds. The third kappa shape index (κ3) is 2.25. The van der Waals surface area contributed by atoms with Crippen LogP contribution in [-0.2, 0) is 11.3 Å². The lowest BCUT2D eigenvalue weighted by atomic mass is 10.1. The van der Waals surface area contributed by atoms with Crippen LogP contribution in [-0.4, -0.2) is 11.7 Å². The summed E-state index contributed by atoms with van der Waals surface area (Å²) in [5.74, 6) is -2.58. The van der Waals surface area contributed by atoms with Crippen LogP contribution in [0.4, 0.5) is 14.5 Å². The molecule has 1 aliphatic heterocycles. The lowest BCUT2D eigenvalue weighted by Crippen LogP contribution is -2.29. The van der Waals surface area contributed by atoms with Gasteiger partial charge in [0, 0.05) is 0 Å². The van der Waals surface area contributed by atoms with E-state index in [2.05, 4.69) is 15.9 Å². The number of rotatable bonds is 2. The van der Waals surface area contributed by atoms with Crippen LogP contribution in [0.25, 0.3) is 0 Å². The number of nitrogens with zero attached hydrogens (tertiary/aromatic N) is 1. The number of halogens is 3. The van der Waals surface area contributed by atoms with Crippen molar-refractivity contribution in [3.8, 4) is 0 Å². The lowest BCUT2D eigenvalue weighted by molar-refractivity contribution is -0.114. The predicted molar refractivity (Wildman–Crippen MR) is 76.0 cm³/mol. The van der Waals surface area contributed by atoms with E-state index >= 15 is 0 Å². The van der Waals surface area contributed by atoms with E-state index in [1.807, 2.05) is 0 Å². The summed E-state index contributed by atoms with van der Waals surface area (Å²) >= 11 is 3.05. The van der Waals surface area contributed by atoms with Gasteiger partial charge >= 0.3 is 0 Å². The second-order valence-corrected chi connectivity index (χ2v) is 5.46. The minimum atomic E-state index is -0.782. The fourth-order valence-electron chi connectivity index (χ4n) is 2.28. The maximum absolute atomic E-state index is 13.9. The third-order valence-electron chi connectivity index (χ3n) is 3.27. The van der Waals surface area contributed by atoms with Gasteiger partial charge in [-0.05, 0) is 45.8 Å². The van der Waals surface area contributed by atoms with Crippen molar-refractivity contribution < 1.29 is 18.4 Å². The maximum atomic E-state index is 13.9. The van der Waals surface area contributed by atoms with E-state index in [0.29, 0.717) is 5.56 Å². The van der Waals surface area contributed by atoms with E-state index < -0.39 is 23.3 Å². The second-order valence-electron chi connectivity index (χ2n) is 4.60. The average Bonchev–Trinajstić information content (AvgIpc) is 2.69. The fraction of sp³-hybridized carbons (Fsp3) is 0.0667. The number of carbonyl (C=O) groups excluding carboxylic acids is 2. The van der Waals surface area contributed by atoms with Crippen LogP contribution >= 0.6 is 15.9 Å². The van der Waals surface area contributed by atoms with Gasteiger partial charge in [-0.2, -0.15) is 0 Å². The lowest BCUT2D eigenvalue weighted by Gasteiger charge is -2.17. The van der Waals surface area contributed by atoms with Crippen LogP contribution in [0.5, 0.6) is 0 Å². The largest absolute Gasteiger partial charge is 0.299 e. The summed E-state index contributed by atoms with van der Waals surface area (Å²) in [7, 11) is 0. The van der Waals surface area contributed by atoms with Crippen LogP contribution in [0, 0.1) is 11.6 Å². The molecule has 1 heterocycles. The number of ketones is 1. The van der Waals surface area contributed by atoms with Gasteiger partial charge in [0.15, 0.2) is 0 Å². The number of hydrogen-bond acceptors (Lipinski definition) is 2. The highest BCUT2D eigenvalue weighted by atomic mass is 79.9. The number of anilines is 1. The van der Waals surface area contributed by atoms with Crippen molar-refractivity contribution >= 4 is 33.3 Å². The molecule has 6 heteroatoms. The Kier molecular flexibility index (Phi) is 3.33. The van der Waals surface area contributed by atoms with E-state index in [9.17, 15) is 18.4 Å². The molecule has 0 aromatic heterocycles. The van der Waals surface area contributed by atoms with Crippen molar-refractivity contribution in [2.24, 2.45) is 0 Å². The SMILES string of the molecule is O=C1C(=O)N(Cc2ccc(F)c(Br)c2)c2c(F)cccc21. The summed E-state index contributed by atoms with van der Waals surface area (Å²) in [5, 5.41) is 0. The zero-order chi connectivity index (χ0) is 15.1. The topological polar surface area (TPSA) is 37.4 Å². The molecule has 2 aromatic rings. The molecule has 0 fully saturated rings.